The molecule has 0 bridgehead atoms. The van der Waals surface area contributed by atoms with Crippen molar-refractivity contribution in [3.05, 3.63) is 63.2 Å². The molecular weight excluding hydrogens is 340 g/mol. The highest BCUT2D eigenvalue weighted by Gasteiger charge is 2.20. The standard InChI is InChI=1S/C18H18N2O6/c1-11-7-8-15(25-3)13(9-11)18(22)26-10-16(21)19-17-12(2)5-4-6-14(17)20(23)24/h4-9H,10H2,1-3H3,(H,19,21). The summed E-state index contributed by atoms with van der Waals surface area (Å²) < 4.78 is 10.1. The largest absolute Gasteiger partial charge is 0.496 e. The number of rotatable bonds is 6. The number of hydrogen-bond acceptors (Lipinski definition) is 6. The third kappa shape index (κ3) is 4.35. The number of nitro groups is 1. The predicted octanol–water partition coefficient (Wildman–Crippen LogP) is 3.02. The summed E-state index contributed by atoms with van der Waals surface area (Å²) in [4.78, 5) is 34.7. The molecule has 0 atom stereocenters. The van der Waals surface area contributed by atoms with Gasteiger partial charge >= 0.3 is 5.97 Å². The molecule has 0 unspecified atom stereocenters. The van der Waals surface area contributed by atoms with E-state index in [0.29, 0.717) is 11.3 Å². The number of aryl methyl sites for hydroxylation is 2. The van der Waals surface area contributed by atoms with Gasteiger partial charge in [-0.2, -0.15) is 0 Å². The average molecular weight is 358 g/mol. The van der Waals surface area contributed by atoms with Gasteiger partial charge in [-0.05, 0) is 31.5 Å². The summed E-state index contributed by atoms with van der Waals surface area (Å²) in [7, 11) is 1.42. The number of methoxy groups -OCH3 is 1. The van der Waals surface area contributed by atoms with Crippen LogP contribution in [0.15, 0.2) is 36.4 Å². The fourth-order valence-corrected chi connectivity index (χ4v) is 2.33. The minimum atomic E-state index is -0.722. The van der Waals surface area contributed by atoms with E-state index in [4.69, 9.17) is 9.47 Å². The first-order chi connectivity index (χ1) is 12.3. The Labute approximate surface area is 149 Å². The number of nitro benzene ring substituents is 1. The Morgan fingerprint density at radius 3 is 2.58 bits per heavy atom. The number of esters is 1. The van der Waals surface area contributed by atoms with E-state index in [2.05, 4.69) is 5.32 Å². The summed E-state index contributed by atoms with van der Waals surface area (Å²) in [5.41, 5.74) is 1.40. The topological polar surface area (TPSA) is 108 Å². The third-order valence-electron chi connectivity index (χ3n) is 3.62. The fraction of sp³-hybridized carbons (Fsp3) is 0.222. The van der Waals surface area contributed by atoms with Crippen molar-refractivity contribution < 1.29 is 24.0 Å². The van der Waals surface area contributed by atoms with E-state index in [-0.39, 0.29) is 16.9 Å². The van der Waals surface area contributed by atoms with Crippen molar-refractivity contribution in [3.8, 4) is 5.75 Å². The molecule has 0 aromatic heterocycles. The normalized spacial score (nSPS) is 10.1. The highest BCUT2D eigenvalue weighted by Crippen LogP contribution is 2.27. The van der Waals surface area contributed by atoms with Gasteiger partial charge in [0.05, 0.1) is 12.0 Å². The van der Waals surface area contributed by atoms with Crippen LogP contribution in [0.3, 0.4) is 0 Å². The molecule has 8 nitrogen and oxygen atoms in total. The van der Waals surface area contributed by atoms with Gasteiger partial charge in [0, 0.05) is 6.07 Å². The molecule has 0 aliphatic rings. The maximum atomic E-state index is 12.2. The lowest BCUT2D eigenvalue weighted by atomic mass is 10.1. The van der Waals surface area contributed by atoms with Gasteiger partial charge in [-0.15, -0.1) is 0 Å². The molecule has 0 aliphatic carbocycles. The molecule has 2 rings (SSSR count). The number of nitrogens with one attached hydrogen (secondary N) is 1. The number of ether oxygens (including phenoxy) is 2. The lowest BCUT2D eigenvalue weighted by molar-refractivity contribution is -0.384. The first kappa shape index (κ1) is 18.9. The van der Waals surface area contributed by atoms with E-state index in [1.807, 2.05) is 0 Å². The van der Waals surface area contributed by atoms with Crippen LogP contribution in [-0.4, -0.2) is 30.5 Å². The van der Waals surface area contributed by atoms with Crippen LogP contribution in [0.4, 0.5) is 11.4 Å². The second kappa shape index (κ2) is 8.11. The van der Waals surface area contributed by atoms with Crippen molar-refractivity contribution in [3.63, 3.8) is 0 Å². The molecule has 0 fully saturated rings. The Morgan fingerprint density at radius 2 is 1.92 bits per heavy atom. The Kier molecular flexibility index (Phi) is 5.90. The molecule has 2 aromatic carbocycles. The van der Waals surface area contributed by atoms with Crippen LogP contribution in [0, 0.1) is 24.0 Å². The Balaban J connectivity index is 2.07. The van der Waals surface area contributed by atoms with Crippen LogP contribution in [-0.2, 0) is 9.53 Å². The van der Waals surface area contributed by atoms with Gasteiger partial charge in [-0.1, -0.05) is 23.8 Å². The zero-order valence-corrected chi connectivity index (χ0v) is 14.6. The molecule has 1 amide bonds. The van der Waals surface area contributed by atoms with Crippen molar-refractivity contribution in [2.45, 2.75) is 13.8 Å². The minimum Gasteiger partial charge on any atom is -0.496 e. The molecular formula is C18H18N2O6. The molecule has 1 N–H and O–H groups in total. The third-order valence-corrected chi connectivity index (χ3v) is 3.62. The highest BCUT2D eigenvalue weighted by molar-refractivity contribution is 5.98. The van der Waals surface area contributed by atoms with Crippen molar-refractivity contribution in [2.24, 2.45) is 0 Å². The molecule has 0 aliphatic heterocycles. The monoisotopic (exact) mass is 358 g/mol. The van der Waals surface area contributed by atoms with E-state index in [1.54, 1.807) is 38.1 Å². The van der Waals surface area contributed by atoms with E-state index in [9.17, 15) is 19.7 Å². The number of anilines is 1. The quantitative estimate of drug-likeness (QED) is 0.483. The zero-order chi connectivity index (χ0) is 19.3. The fourth-order valence-electron chi connectivity index (χ4n) is 2.33. The van der Waals surface area contributed by atoms with E-state index >= 15 is 0 Å². The first-order valence-electron chi connectivity index (χ1n) is 7.69. The van der Waals surface area contributed by atoms with Gasteiger partial charge in [-0.3, -0.25) is 14.9 Å². The van der Waals surface area contributed by atoms with Gasteiger partial charge in [-0.25, -0.2) is 4.79 Å². The van der Waals surface area contributed by atoms with Gasteiger partial charge in [0.2, 0.25) is 0 Å². The van der Waals surface area contributed by atoms with E-state index < -0.39 is 23.4 Å². The molecule has 0 spiro atoms. The van der Waals surface area contributed by atoms with Crippen LogP contribution < -0.4 is 10.1 Å². The van der Waals surface area contributed by atoms with Gasteiger partial charge in [0.15, 0.2) is 6.61 Å². The second-order valence-electron chi connectivity index (χ2n) is 5.55. The molecule has 136 valence electrons. The summed E-state index contributed by atoms with van der Waals surface area (Å²) >= 11 is 0. The molecule has 0 heterocycles. The number of carbonyl (C=O) groups is 2. The van der Waals surface area contributed by atoms with E-state index in [1.165, 1.54) is 19.2 Å². The van der Waals surface area contributed by atoms with Crippen molar-refractivity contribution in [2.75, 3.05) is 19.0 Å². The Bertz CT molecular complexity index is 863. The lowest BCUT2D eigenvalue weighted by Gasteiger charge is -2.11. The number of para-hydroxylation sites is 1. The summed E-state index contributed by atoms with van der Waals surface area (Å²) in [6.07, 6.45) is 0. The van der Waals surface area contributed by atoms with Gasteiger partial charge in [0.1, 0.15) is 17.0 Å². The molecule has 0 radical (unpaired) electrons. The summed E-state index contributed by atoms with van der Waals surface area (Å²) in [6, 6.07) is 9.43. The molecule has 26 heavy (non-hydrogen) atoms. The number of benzene rings is 2. The smallest absolute Gasteiger partial charge is 0.342 e. The van der Waals surface area contributed by atoms with Crippen molar-refractivity contribution >= 4 is 23.3 Å². The van der Waals surface area contributed by atoms with Crippen LogP contribution in [0.25, 0.3) is 0 Å². The van der Waals surface area contributed by atoms with Crippen molar-refractivity contribution in [1.29, 1.82) is 0 Å². The lowest BCUT2D eigenvalue weighted by Crippen LogP contribution is -2.22. The molecule has 0 saturated heterocycles. The van der Waals surface area contributed by atoms with Crippen LogP contribution in [0.1, 0.15) is 21.5 Å². The molecule has 2 aromatic rings. The number of nitrogens with zero attached hydrogens (tertiary/aromatic N) is 1. The SMILES string of the molecule is COc1ccc(C)cc1C(=O)OCC(=O)Nc1c(C)cccc1[N+](=O)[O-]. The Hall–Kier alpha value is -3.42. The zero-order valence-electron chi connectivity index (χ0n) is 14.6. The average Bonchev–Trinajstić information content (AvgIpc) is 2.61. The van der Waals surface area contributed by atoms with E-state index in [0.717, 1.165) is 5.56 Å². The number of carbonyl (C=O) groups excluding carboxylic acids is 2. The van der Waals surface area contributed by atoms with Gasteiger partial charge < -0.3 is 14.8 Å². The predicted molar refractivity (Wildman–Crippen MR) is 94.5 cm³/mol. The second-order valence-corrected chi connectivity index (χ2v) is 5.55. The van der Waals surface area contributed by atoms with Gasteiger partial charge in [0.25, 0.3) is 11.6 Å². The van der Waals surface area contributed by atoms with Crippen LogP contribution in [0.2, 0.25) is 0 Å². The highest BCUT2D eigenvalue weighted by atomic mass is 16.6. The Morgan fingerprint density at radius 1 is 1.19 bits per heavy atom. The minimum absolute atomic E-state index is 0.0756. The maximum Gasteiger partial charge on any atom is 0.342 e. The van der Waals surface area contributed by atoms with Crippen LogP contribution >= 0.6 is 0 Å². The maximum absolute atomic E-state index is 12.2. The number of amides is 1. The number of hydrogen-bond donors (Lipinski definition) is 1. The van der Waals surface area contributed by atoms with Crippen molar-refractivity contribution in [1.82, 2.24) is 0 Å². The summed E-state index contributed by atoms with van der Waals surface area (Å²) in [6.45, 7) is 2.86. The summed E-state index contributed by atoms with van der Waals surface area (Å²) in [5, 5.41) is 13.5. The molecule has 8 heteroatoms. The molecule has 0 saturated carbocycles. The van der Waals surface area contributed by atoms with Crippen LogP contribution in [0.5, 0.6) is 5.75 Å². The summed E-state index contributed by atoms with van der Waals surface area (Å²) in [5.74, 6) is -1.07. The first-order valence-corrected chi connectivity index (χ1v) is 7.69.